The summed E-state index contributed by atoms with van der Waals surface area (Å²) in [4.78, 5) is 25.4. The summed E-state index contributed by atoms with van der Waals surface area (Å²) in [7, 11) is 0. The van der Waals surface area contributed by atoms with Crippen LogP contribution >= 0.6 is 11.6 Å². The number of aliphatic carboxylic acids is 1. The molecule has 0 saturated heterocycles. The summed E-state index contributed by atoms with van der Waals surface area (Å²) in [6.07, 6.45) is 0.895. The van der Waals surface area contributed by atoms with E-state index in [4.69, 9.17) is 11.6 Å². The molecule has 0 spiro atoms. The average molecular weight is 450 g/mol. The minimum absolute atomic E-state index is 0.00275. The number of fused-ring (bicyclic) bond motifs is 1. The van der Waals surface area contributed by atoms with E-state index in [1.54, 1.807) is 0 Å². The normalized spacial score (nSPS) is 13.4. The number of nitrogens with zero attached hydrogens (tertiary/aromatic N) is 1. The van der Waals surface area contributed by atoms with Crippen LogP contribution in [0.2, 0.25) is 5.02 Å². The van der Waals surface area contributed by atoms with Crippen molar-refractivity contribution in [2.75, 3.05) is 0 Å². The van der Waals surface area contributed by atoms with Crippen LogP contribution in [0, 0.1) is 24.5 Å². The Balaban J connectivity index is 2.36. The van der Waals surface area contributed by atoms with Crippen molar-refractivity contribution in [2.24, 2.45) is 5.92 Å². The van der Waals surface area contributed by atoms with E-state index in [1.165, 1.54) is 31.2 Å². The number of halogens is 3. The number of carboxylic acid groups (broad SMARTS) is 1. The van der Waals surface area contributed by atoms with Crippen LogP contribution in [-0.2, 0) is 4.79 Å². The van der Waals surface area contributed by atoms with Crippen LogP contribution in [0.4, 0.5) is 8.78 Å². The van der Waals surface area contributed by atoms with E-state index in [-0.39, 0.29) is 40.1 Å². The Bertz CT molecular complexity index is 1170. The lowest BCUT2D eigenvalue weighted by Crippen LogP contribution is -2.18. The van der Waals surface area contributed by atoms with Crippen LogP contribution < -0.4 is 0 Å². The molecular weight excluding hydrogens is 428 g/mol. The lowest BCUT2D eigenvalue weighted by atomic mass is 9.86. The summed E-state index contributed by atoms with van der Waals surface area (Å²) < 4.78 is 30.4. The highest BCUT2D eigenvalue weighted by molar-refractivity contribution is 6.30. The van der Waals surface area contributed by atoms with Gasteiger partial charge in [0.05, 0.1) is 11.4 Å². The van der Waals surface area contributed by atoms with Crippen molar-refractivity contribution in [3.05, 3.63) is 63.8 Å². The van der Waals surface area contributed by atoms with E-state index in [9.17, 15) is 24.2 Å². The first-order valence-corrected chi connectivity index (χ1v) is 10.2. The molecule has 3 aromatic rings. The van der Waals surface area contributed by atoms with Gasteiger partial charge in [-0.3, -0.25) is 14.2 Å². The Morgan fingerprint density at radius 2 is 1.81 bits per heavy atom. The molecule has 2 unspecified atom stereocenters. The molecule has 1 aromatic heterocycles. The Hall–Kier alpha value is -2.93. The molecular formula is C23H22ClF2NO4. The largest absolute Gasteiger partial charge is 0.503 e. The molecule has 0 amide bonds. The highest BCUT2D eigenvalue weighted by Gasteiger charge is 2.33. The van der Waals surface area contributed by atoms with Crippen molar-refractivity contribution >= 4 is 34.4 Å². The fourth-order valence-electron chi connectivity index (χ4n) is 3.83. The zero-order valence-electron chi connectivity index (χ0n) is 17.2. The summed E-state index contributed by atoms with van der Waals surface area (Å²) in [5, 5.41) is 19.9. The van der Waals surface area contributed by atoms with Gasteiger partial charge in [-0.15, -0.1) is 0 Å². The zero-order valence-corrected chi connectivity index (χ0v) is 18.0. The second-order valence-electron chi connectivity index (χ2n) is 7.70. The number of carbonyl (C=O) groups is 2. The van der Waals surface area contributed by atoms with Gasteiger partial charge in [-0.2, -0.15) is 0 Å². The minimum Gasteiger partial charge on any atom is -0.503 e. The molecule has 2 aromatic carbocycles. The lowest BCUT2D eigenvalue weighted by Gasteiger charge is -2.18. The van der Waals surface area contributed by atoms with Gasteiger partial charge in [0, 0.05) is 27.7 Å². The average Bonchev–Trinajstić information content (AvgIpc) is 3.01. The van der Waals surface area contributed by atoms with Gasteiger partial charge in [-0.25, -0.2) is 8.78 Å². The quantitative estimate of drug-likeness (QED) is 0.492. The van der Waals surface area contributed by atoms with Crippen LogP contribution in [0.15, 0.2) is 30.3 Å². The number of rotatable bonds is 6. The fourth-order valence-corrected chi connectivity index (χ4v) is 3.96. The summed E-state index contributed by atoms with van der Waals surface area (Å²) in [5.74, 6) is -6.66. The van der Waals surface area contributed by atoms with E-state index >= 15 is 4.39 Å². The van der Waals surface area contributed by atoms with E-state index < -0.39 is 35.2 Å². The number of hydrogen-bond acceptors (Lipinski definition) is 3. The maximum atomic E-state index is 15.0. The van der Waals surface area contributed by atoms with Crippen LogP contribution in [0.25, 0.3) is 10.9 Å². The van der Waals surface area contributed by atoms with Crippen molar-refractivity contribution in [1.29, 1.82) is 0 Å². The monoisotopic (exact) mass is 449 g/mol. The molecule has 0 aliphatic heterocycles. The SMILES string of the molecule is CCC(C)CC(C(=O)O)c1c(C)n(C(=O)c2ccc(Cl)cc2)c2cc(F)c(O)c(F)c12. The van der Waals surface area contributed by atoms with Crippen molar-refractivity contribution in [3.8, 4) is 5.75 Å². The second kappa shape index (κ2) is 8.67. The van der Waals surface area contributed by atoms with Crippen molar-refractivity contribution in [2.45, 2.75) is 39.5 Å². The van der Waals surface area contributed by atoms with Gasteiger partial charge in [0.15, 0.2) is 17.4 Å². The molecule has 2 atom stereocenters. The van der Waals surface area contributed by atoms with Crippen LogP contribution in [0.3, 0.4) is 0 Å². The molecule has 8 heteroatoms. The maximum absolute atomic E-state index is 15.0. The molecule has 0 aliphatic carbocycles. The van der Waals surface area contributed by atoms with E-state index in [2.05, 4.69) is 0 Å². The number of phenolic OH excluding ortho intramolecular Hbond substituents is 1. The molecule has 1 heterocycles. The minimum atomic E-state index is -1.29. The summed E-state index contributed by atoms with van der Waals surface area (Å²) >= 11 is 5.88. The summed E-state index contributed by atoms with van der Waals surface area (Å²) in [5.41, 5.74) is 0.293. The molecule has 2 N–H and O–H groups in total. The smallest absolute Gasteiger partial charge is 0.311 e. The van der Waals surface area contributed by atoms with E-state index in [0.29, 0.717) is 11.4 Å². The summed E-state index contributed by atoms with van der Waals surface area (Å²) in [6.45, 7) is 5.27. The lowest BCUT2D eigenvalue weighted by molar-refractivity contribution is -0.139. The zero-order chi connectivity index (χ0) is 23.0. The molecule has 0 radical (unpaired) electrons. The number of hydrogen-bond donors (Lipinski definition) is 2. The Kier molecular flexibility index (Phi) is 6.36. The number of aromatic nitrogens is 1. The standard InChI is InChI=1S/C23H22ClF2NO4/c1-4-11(2)9-15(23(30)31)18-12(3)27(22(29)13-5-7-14(24)8-6-13)17-10-16(25)21(28)20(26)19(17)18/h5-8,10-11,15,28H,4,9H2,1-3H3,(H,30,31). The van der Waals surface area contributed by atoms with E-state index in [1.807, 2.05) is 13.8 Å². The number of phenols is 1. The Labute approximate surface area is 182 Å². The molecule has 5 nitrogen and oxygen atoms in total. The third-order valence-electron chi connectivity index (χ3n) is 5.68. The third-order valence-corrected chi connectivity index (χ3v) is 5.94. The summed E-state index contributed by atoms with van der Waals surface area (Å²) in [6, 6.07) is 6.80. The second-order valence-corrected chi connectivity index (χ2v) is 8.14. The van der Waals surface area contributed by atoms with Gasteiger partial charge in [-0.1, -0.05) is 31.9 Å². The Morgan fingerprint density at radius 1 is 1.19 bits per heavy atom. The fraction of sp³-hybridized carbons (Fsp3) is 0.304. The van der Waals surface area contributed by atoms with E-state index in [0.717, 1.165) is 10.6 Å². The molecule has 0 fully saturated rings. The predicted octanol–water partition coefficient (Wildman–Crippen LogP) is 5.88. The number of benzene rings is 2. The van der Waals surface area contributed by atoms with Gasteiger partial charge in [0.1, 0.15) is 0 Å². The van der Waals surface area contributed by atoms with Crippen LogP contribution in [0.5, 0.6) is 5.75 Å². The van der Waals surface area contributed by atoms with Crippen LogP contribution in [0.1, 0.15) is 54.2 Å². The molecule has 0 bridgehead atoms. The third kappa shape index (κ3) is 4.02. The first kappa shape index (κ1) is 22.7. The molecule has 0 saturated carbocycles. The molecule has 31 heavy (non-hydrogen) atoms. The van der Waals surface area contributed by atoms with Crippen molar-refractivity contribution < 1.29 is 28.6 Å². The molecule has 3 rings (SSSR count). The van der Waals surface area contributed by atoms with Gasteiger partial charge in [0.2, 0.25) is 0 Å². The van der Waals surface area contributed by atoms with Gasteiger partial charge in [-0.05, 0) is 49.1 Å². The molecule has 164 valence electrons. The van der Waals surface area contributed by atoms with Gasteiger partial charge < -0.3 is 10.2 Å². The highest BCUT2D eigenvalue weighted by Crippen LogP contribution is 2.40. The number of aromatic hydroxyl groups is 1. The predicted molar refractivity (Wildman–Crippen MR) is 114 cm³/mol. The van der Waals surface area contributed by atoms with Gasteiger partial charge >= 0.3 is 5.97 Å². The van der Waals surface area contributed by atoms with Crippen molar-refractivity contribution in [3.63, 3.8) is 0 Å². The number of carbonyl (C=O) groups excluding carboxylic acids is 1. The van der Waals surface area contributed by atoms with Crippen LogP contribution in [-0.4, -0.2) is 26.7 Å². The highest BCUT2D eigenvalue weighted by atomic mass is 35.5. The van der Waals surface area contributed by atoms with Crippen molar-refractivity contribution in [1.82, 2.24) is 4.57 Å². The van der Waals surface area contributed by atoms with Gasteiger partial charge in [0.25, 0.3) is 5.91 Å². The first-order valence-electron chi connectivity index (χ1n) is 9.83. The molecule has 0 aliphatic rings. The number of carboxylic acids is 1. The Morgan fingerprint density at radius 3 is 2.35 bits per heavy atom. The topological polar surface area (TPSA) is 79.5 Å². The first-order chi connectivity index (χ1) is 14.6. The maximum Gasteiger partial charge on any atom is 0.311 e.